The van der Waals surface area contributed by atoms with Crippen molar-refractivity contribution in [3.63, 3.8) is 0 Å². The molecule has 0 aliphatic carbocycles. The lowest BCUT2D eigenvalue weighted by Crippen LogP contribution is -2.03. The topological polar surface area (TPSA) is 56.7 Å². The second-order valence-corrected chi connectivity index (χ2v) is 14.0. The van der Waals surface area contributed by atoms with Gasteiger partial charge in [0, 0.05) is 38.4 Å². The van der Waals surface area contributed by atoms with Gasteiger partial charge in [0.2, 0.25) is 0 Å². The molecule has 0 bridgehead atoms. The number of aromatic nitrogens is 4. The van der Waals surface area contributed by atoms with Gasteiger partial charge in [-0.2, -0.15) is 0 Å². The van der Waals surface area contributed by atoms with E-state index in [0.717, 1.165) is 88.4 Å². The molecule has 56 heavy (non-hydrogen) atoms. The molecular weight excluding hydrogens is 685 g/mol. The Morgan fingerprint density at radius 2 is 0.893 bits per heavy atom. The van der Waals surface area contributed by atoms with Crippen LogP contribution < -0.4 is 0 Å². The summed E-state index contributed by atoms with van der Waals surface area (Å²) < 4.78 is 9.27. The van der Waals surface area contributed by atoms with Crippen molar-refractivity contribution >= 4 is 43.7 Å². The normalized spacial score (nSPS) is 11.6. The number of hydrogen-bond acceptors (Lipinski definition) is 4. The molecule has 11 aromatic rings. The summed E-state index contributed by atoms with van der Waals surface area (Å²) in [7, 11) is 0. The van der Waals surface area contributed by atoms with Crippen molar-refractivity contribution in [2.45, 2.75) is 0 Å². The van der Waals surface area contributed by atoms with Crippen LogP contribution in [0, 0.1) is 0 Å². The molecule has 0 fully saturated rings. The first-order valence-corrected chi connectivity index (χ1v) is 18.8. The summed E-state index contributed by atoms with van der Waals surface area (Å²) in [6, 6.07) is 67.2. The fraction of sp³-hybridized carbons (Fsp3) is 0. The molecule has 0 amide bonds. The monoisotopic (exact) mass is 716 g/mol. The van der Waals surface area contributed by atoms with E-state index in [9.17, 15) is 0 Å². The molecule has 0 radical (unpaired) electrons. The van der Waals surface area contributed by atoms with E-state index in [-0.39, 0.29) is 0 Å². The number of hydrogen-bond donors (Lipinski definition) is 0. The van der Waals surface area contributed by atoms with Gasteiger partial charge in [-0.15, -0.1) is 0 Å². The lowest BCUT2D eigenvalue weighted by atomic mass is 10.0. The Hall–Kier alpha value is -7.63. The van der Waals surface area contributed by atoms with Crippen molar-refractivity contribution in [3.05, 3.63) is 194 Å². The summed E-state index contributed by atoms with van der Waals surface area (Å²) in [5.41, 5.74) is 12.0. The van der Waals surface area contributed by atoms with Gasteiger partial charge in [-0.25, -0.2) is 15.0 Å². The number of nitrogens with zero attached hydrogens (tertiary/aromatic N) is 4. The molecule has 0 atom stereocenters. The van der Waals surface area contributed by atoms with E-state index in [4.69, 9.17) is 19.4 Å². The molecule has 0 aliphatic rings. The van der Waals surface area contributed by atoms with Crippen LogP contribution in [0.4, 0.5) is 0 Å². The molecule has 3 heterocycles. The van der Waals surface area contributed by atoms with Gasteiger partial charge in [0.15, 0.2) is 17.5 Å². The maximum Gasteiger partial charge on any atom is 0.166 e. The van der Waals surface area contributed by atoms with Crippen molar-refractivity contribution in [1.29, 1.82) is 0 Å². The lowest BCUT2D eigenvalue weighted by molar-refractivity contribution is 0.674. The highest BCUT2D eigenvalue weighted by Crippen LogP contribution is 2.44. The molecule has 0 spiro atoms. The van der Waals surface area contributed by atoms with Gasteiger partial charge < -0.3 is 8.98 Å². The second-order valence-electron chi connectivity index (χ2n) is 14.0. The highest BCUT2D eigenvalue weighted by molar-refractivity contribution is 6.24. The van der Waals surface area contributed by atoms with Crippen molar-refractivity contribution in [3.8, 4) is 62.1 Å². The Balaban J connectivity index is 1.15. The second kappa shape index (κ2) is 13.0. The Bertz CT molecular complexity index is 3240. The predicted octanol–water partition coefficient (Wildman–Crippen LogP) is 13.2. The first kappa shape index (κ1) is 31.9. The molecule has 11 rings (SSSR count). The highest BCUT2D eigenvalue weighted by Gasteiger charge is 2.23. The summed E-state index contributed by atoms with van der Waals surface area (Å²) in [5, 5.41) is 4.38. The third-order valence-corrected chi connectivity index (χ3v) is 10.7. The molecule has 0 aliphatic heterocycles. The number of furan rings is 1. The van der Waals surface area contributed by atoms with Gasteiger partial charge in [0.05, 0.1) is 22.1 Å². The third-order valence-electron chi connectivity index (χ3n) is 10.7. The minimum atomic E-state index is 0.595. The number of fused-ring (bicyclic) bond motifs is 7. The fourth-order valence-corrected chi connectivity index (χ4v) is 8.08. The van der Waals surface area contributed by atoms with Gasteiger partial charge >= 0.3 is 0 Å². The van der Waals surface area contributed by atoms with Crippen LogP contribution in [0.15, 0.2) is 199 Å². The summed E-state index contributed by atoms with van der Waals surface area (Å²) in [4.78, 5) is 15.5. The average Bonchev–Trinajstić information content (AvgIpc) is 3.83. The molecule has 0 unspecified atom stereocenters. The van der Waals surface area contributed by atoms with Gasteiger partial charge in [-0.05, 0) is 53.1 Å². The first-order valence-electron chi connectivity index (χ1n) is 18.8. The zero-order valence-corrected chi connectivity index (χ0v) is 30.2. The Morgan fingerprint density at radius 1 is 0.339 bits per heavy atom. The van der Waals surface area contributed by atoms with E-state index in [1.807, 2.05) is 42.5 Å². The maximum absolute atomic E-state index is 6.95. The van der Waals surface area contributed by atoms with E-state index < -0.39 is 0 Å². The average molecular weight is 717 g/mol. The van der Waals surface area contributed by atoms with Gasteiger partial charge in [0.25, 0.3) is 0 Å². The van der Waals surface area contributed by atoms with Gasteiger partial charge in [0.1, 0.15) is 11.2 Å². The predicted molar refractivity (Wildman–Crippen MR) is 229 cm³/mol. The van der Waals surface area contributed by atoms with Crippen LogP contribution in [0.5, 0.6) is 0 Å². The van der Waals surface area contributed by atoms with Crippen LogP contribution in [0.2, 0.25) is 0 Å². The van der Waals surface area contributed by atoms with Crippen LogP contribution in [0.1, 0.15) is 0 Å². The zero-order valence-electron chi connectivity index (χ0n) is 30.2. The van der Waals surface area contributed by atoms with Crippen LogP contribution in [0.25, 0.3) is 106 Å². The van der Waals surface area contributed by atoms with Gasteiger partial charge in [-0.3, -0.25) is 0 Å². The van der Waals surface area contributed by atoms with Crippen molar-refractivity contribution in [1.82, 2.24) is 19.5 Å². The minimum Gasteiger partial charge on any atom is -0.455 e. The van der Waals surface area contributed by atoms with Crippen molar-refractivity contribution < 1.29 is 4.42 Å². The molecular formula is C51H32N4O. The standard InChI is InChI=1S/C51H32N4O/c1-4-16-33(17-5-1)36-22-14-23-37(32-36)50-52-49(35-20-8-3-9-21-35)53-51(54-50)42-25-11-13-29-44(42)55-43-28-12-10-24-41(43)46-45(55)31-30-40-39-27-15-26-38(47(39)56-48(40)46)34-18-6-2-7-19-34/h1-32H. The first-order chi connectivity index (χ1) is 27.8. The van der Waals surface area contributed by atoms with Crippen LogP contribution in [-0.4, -0.2) is 19.5 Å². The molecule has 8 aromatic carbocycles. The van der Waals surface area contributed by atoms with Crippen LogP contribution in [0.3, 0.4) is 0 Å². The van der Waals surface area contributed by atoms with E-state index in [1.165, 1.54) is 0 Å². The SMILES string of the molecule is c1ccc(-c2cccc(-c3nc(-c4ccccc4)nc(-c4ccccc4-n4c5ccccc5c5c6oc7c(-c8ccccc8)cccc7c6ccc54)n3)c2)cc1. The van der Waals surface area contributed by atoms with E-state index in [0.29, 0.717) is 17.5 Å². The quantitative estimate of drug-likeness (QED) is 0.172. The Morgan fingerprint density at radius 3 is 1.70 bits per heavy atom. The largest absolute Gasteiger partial charge is 0.455 e. The summed E-state index contributed by atoms with van der Waals surface area (Å²) in [5.74, 6) is 1.82. The van der Waals surface area contributed by atoms with Crippen LogP contribution in [-0.2, 0) is 0 Å². The highest BCUT2D eigenvalue weighted by atomic mass is 16.3. The zero-order chi connectivity index (χ0) is 37.0. The van der Waals surface area contributed by atoms with Crippen molar-refractivity contribution in [2.24, 2.45) is 0 Å². The molecule has 5 heteroatoms. The smallest absolute Gasteiger partial charge is 0.166 e. The Kier molecular flexibility index (Phi) is 7.42. The molecule has 3 aromatic heterocycles. The molecule has 0 saturated heterocycles. The van der Waals surface area contributed by atoms with E-state index in [1.54, 1.807) is 0 Å². The number of benzene rings is 8. The lowest BCUT2D eigenvalue weighted by Gasteiger charge is -2.14. The summed E-state index contributed by atoms with van der Waals surface area (Å²) in [6.45, 7) is 0. The summed E-state index contributed by atoms with van der Waals surface area (Å²) in [6.07, 6.45) is 0. The molecule has 0 saturated carbocycles. The number of para-hydroxylation sites is 3. The maximum atomic E-state index is 6.95. The Labute approximate surface area is 322 Å². The summed E-state index contributed by atoms with van der Waals surface area (Å²) >= 11 is 0. The van der Waals surface area contributed by atoms with E-state index in [2.05, 4.69) is 156 Å². The molecule has 0 N–H and O–H groups in total. The molecule has 262 valence electrons. The minimum absolute atomic E-state index is 0.595. The number of rotatable bonds is 6. The molecule has 5 nitrogen and oxygen atoms in total. The van der Waals surface area contributed by atoms with Crippen molar-refractivity contribution in [2.75, 3.05) is 0 Å². The fourth-order valence-electron chi connectivity index (χ4n) is 8.08. The van der Waals surface area contributed by atoms with Gasteiger partial charge in [-0.1, -0.05) is 158 Å². The third kappa shape index (κ3) is 5.21. The van der Waals surface area contributed by atoms with E-state index >= 15 is 0 Å². The van der Waals surface area contributed by atoms with Crippen LogP contribution >= 0.6 is 0 Å².